The fourth-order valence-corrected chi connectivity index (χ4v) is 4.89. The van der Waals surface area contributed by atoms with E-state index < -0.39 is 23.3 Å². The minimum atomic E-state index is -4.69. The smallest absolute Gasteiger partial charge is 0.416 e. The molecule has 0 aliphatic rings. The van der Waals surface area contributed by atoms with Gasteiger partial charge >= 0.3 is 6.18 Å². The van der Waals surface area contributed by atoms with Gasteiger partial charge in [-0.25, -0.2) is 9.67 Å². The Morgan fingerprint density at radius 3 is 2.16 bits per heavy atom. The highest BCUT2D eigenvalue weighted by Crippen LogP contribution is 2.43. The Kier molecular flexibility index (Phi) is 12.6. The largest absolute Gasteiger partial charge is 0.457 e. The van der Waals surface area contributed by atoms with Gasteiger partial charge in [-0.05, 0) is 72.1 Å². The van der Waals surface area contributed by atoms with Crippen molar-refractivity contribution in [2.45, 2.75) is 32.2 Å². The average molecular weight is 710 g/mol. The molecule has 0 aliphatic heterocycles. The number of para-hydroxylation sites is 2. The first-order chi connectivity index (χ1) is 23.8. The molecular formula is C36H35ClF3N5O5. The maximum Gasteiger partial charge on any atom is 0.416 e. The van der Waals surface area contributed by atoms with Crippen LogP contribution in [0.25, 0.3) is 0 Å². The van der Waals surface area contributed by atoms with Crippen molar-refractivity contribution in [3.05, 3.63) is 131 Å². The first kappa shape index (κ1) is 37.4. The number of rotatable bonds is 11. The van der Waals surface area contributed by atoms with Crippen LogP contribution in [0.1, 0.15) is 30.5 Å². The highest BCUT2D eigenvalue weighted by Gasteiger charge is 2.43. The van der Waals surface area contributed by atoms with Crippen molar-refractivity contribution in [1.82, 2.24) is 20.1 Å². The Morgan fingerprint density at radius 2 is 1.56 bits per heavy atom. The minimum Gasteiger partial charge on any atom is -0.457 e. The second-order valence-corrected chi connectivity index (χ2v) is 11.5. The first-order valence-electron chi connectivity index (χ1n) is 15.2. The molecule has 0 saturated heterocycles. The molecule has 1 unspecified atom stereocenters. The lowest BCUT2D eigenvalue weighted by Crippen LogP contribution is -2.39. The van der Waals surface area contributed by atoms with E-state index in [-0.39, 0.29) is 29.5 Å². The molecular weight excluding hydrogens is 675 g/mol. The summed E-state index contributed by atoms with van der Waals surface area (Å²) in [6, 6.07) is 26.3. The predicted molar refractivity (Wildman–Crippen MR) is 182 cm³/mol. The van der Waals surface area contributed by atoms with E-state index in [9.17, 15) is 23.1 Å². The van der Waals surface area contributed by atoms with Crippen molar-refractivity contribution < 1.29 is 37.4 Å². The number of likely N-dealkylation sites (N-methyl/N-ethyl adjacent to an activating group) is 1. The van der Waals surface area contributed by atoms with Crippen LogP contribution in [0.15, 0.2) is 115 Å². The summed E-state index contributed by atoms with van der Waals surface area (Å²) in [6.45, 7) is 3.12. The van der Waals surface area contributed by atoms with Gasteiger partial charge in [-0.1, -0.05) is 67.0 Å². The van der Waals surface area contributed by atoms with Crippen molar-refractivity contribution >= 4 is 23.2 Å². The number of halogens is 4. The quantitative estimate of drug-likeness (QED) is 0.106. The zero-order valence-corrected chi connectivity index (χ0v) is 28.3. The monoisotopic (exact) mass is 709 g/mol. The summed E-state index contributed by atoms with van der Waals surface area (Å²) in [6.07, 6.45) is -2.09. The molecule has 4 aromatic carbocycles. The molecule has 1 aromatic heterocycles. The Morgan fingerprint density at radius 1 is 0.920 bits per heavy atom. The molecule has 5 aromatic rings. The highest BCUT2D eigenvalue weighted by molar-refractivity contribution is 6.45. The summed E-state index contributed by atoms with van der Waals surface area (Å²) in [5.74, 6) is 0.672. The third-order valence-corrected chi connectivity index (χ3v) is 7.63. The number of alkyl halides is 3. The number of aromatic nitrogens is 3. The number of nitrogens with one attached hydrogen (secondary N) is 1. The number of benzene rings is 4. The van der Waals surface area contributed by atoms with Crippen LogP contribution >= 0.6 is 11.6 Å². The molecule has 0 fully saturated rings. The molecule has 1 atom stereocenters. The molecule has 0 saturated carbocycles. The van der Waals surface area contributed by atoms with Crippen molar-refractivity contribution in [3.8, 4) is 23.0 Å². The van der Waals surface area contributed by atoms with Crippen LogP contribution in [0.3, 0.4) is 0 Å². The summed E-state index contributed by atoms with van der Waals surface area (Å²) in [4.78, 5) is 20.5. The SMILES string of the molecule is CC(C)C(O)(Cn1cncn1)c1ccc(Oc2ccc(Cl)cc2)cc1C(F)(F)F.CNC(=O)/C(=N/OC)c1ccccc1Oc1ccccc1. The predicted octanol–water partition coefficient (Wildman–Crippen LogP) is 7.86. The number of aliphatic hydroxyl groups is 1. The van der Waals surface area contributed by atoms with E-state index in [2.05, 4.69) is 20.6 Å². The average Bonchev–Trinajstić information content (AvgIpc) is 3.61. The molecule has 262 valence electrons. The van der Waals surface area contributed by atoms with Gasteiger partial charge in [0.15, 0.2) is 5.71 Å². The fourth-order valence-electron chi connectivity index (χ4n) is 4.77. The summed E-state index contributed by atoms with van der Waals surface area (Å²) >= 11 is 5.81. The molecule has 50 heavy (non-hydrogen) atoms. The molecule has 10 nitrogen and oxygen atoms in total. The number of hydrogen-bond donors (Lipinski definition) is 2. The van der Waals surface area contributed by atoms with Crippen LogP contribution in [0.2, 0.25) is 5.02 Å². The molecule has 0 radical (unpaired) electrons. The van der Waals surface area contributed by atoms with E-state index in [4.69, 9.17) is 25.9 Å². The molecule has 1 amide bonds. The van der Waals surface area contributed by atoms with Crippen LogP contribution in [-0.2, 0) is 28.0 Å². The van der Waals surface area contributed by atoms with Crippen LogP contribution < -0.4 is 14.8 Å². The van der Waals surface area contributed by atoms with Crippen LogP contribution in [0.5, 0.6) is 23.0 Å². The highest BCUT2D eigenvalue weighted by atomic mass is 35.5. The molecule has 0 bridgehead atoms. The number of carbonyl (C=O) groups is 1. The molecule has 1 heterocycles. The van der Waals surface area contributed by atoms with E-state index >= 15 is 0 Å². The number of carbonyl (C=O) groups excluding carboxylic acids is 1. The van der Waals surface area contributed by atoms with Gasteiger partial charge in [0.25, 0.3) is 5.91 Å². The van der Waals surface area contributed by atoms with Crippen LogP contribution in [-0.4, -0.2) is 45.6 Å². The Balaban J connectivity index is 0.000000237. The third-order valence-electron chi connectivity index (χ3n) is 7.37. The lowest BCUT2D eigenvalue weighted by atomic mass is 9.80. The molecule has 0 spiro atoms. The molecule has 14 heteroatoms. The number of amides is 1. The minimum absolute atomic E-state index is 0.00439. The normalized spacial score (nSPS) is 12.7. The summed E-state index contributed by atoms with van der Waals surface area (Å²) in [5, 5.41) is 22.0. The number of oxime groups is 1. The van der Waals surface area contributed by atoms with Gasteiger partial charge in [0.1, 0.15) is 48.4 Å². The van der Waals surface area contributed by atoms with Crippen LogP contribution in [0.4, 0.5) is 13.2 Å². The Labute approximate surface area is 292 Å². The van der Waals surface area contributed by atoms with E-state index in [0.29, 0.717) is 27.8 Å². The molecule has 5 rings (SSSR count). The maximum atomic E-state index is 13.9. The second kappa shape index (κ2) is 16.8. The third kappa shape index (κ3) is 9.61. The summed E-state index contributed by atoms with van der Waals surface area (Å²) in [7, 11) is 2.93. The molecule has 0 aliphatic carbocycles. The lowest BCUT2D eigenvalue weighted by molar-refractivity contribution is -0.142. The zero-order chi connectivity index (χ0) is 36.3. The standard InChI is InChI=1S/C20H19ClF3N3O2.C16H16N2O3/c1-13(2)19(28,10-27-12-25-11-26-27)17-8-7-16(9-18(17)20(22,23)24)29-15-5-3-14(21)4-6-15;1-17-16(19)15(18-20-2)13-10-6-7-11-14(13)21-12-8-4-3-5-9-12/h3-9,11-13,28H,10H2,1-2H3;3-11H,1-2H3,(H,17,19)/b;18-15+. The van der Waals surface area contributed by atoms with Gasteiger partial charge in [-0.2, -0.15) is 18.3 Å². The van der Waals surface area contributed by atoms with Gasteiger partial charge in [0.2, 0.25) is 0 Å². The van der Waals surface area contributed by atoms with Gasteiger partial charge in [-0.3, -0.25) is 4.79 Å². The second-order valence-electron chi connectivity index (χ2n) is 11.0. The van der Waals surface area contributed by atoms with Crippen molar-refractivity contribution in [1.29, 1.82) is 0 Å². The summed E-state index contributed by atoms with van der Waals surface area (Å²) in [5.41, 5.74) is -2.33. The lowest BCUT2D eigenvalue weighted by Gasteiger charge is -2.34. The van der Waals surface area contributed by atoms with Crippen molar-refractivity contribution in [2.24, 2.45) is 11.1 Å². The molecule has 2 N–H and O–H groups in total. The van der Waals surface area contributed by atoms with E-state index in [0.717, 1.165) is 6.07 Å². The topological polar surface area (TPSA) is 120 Å². The van der Waals surface area contributed by atoms with Crippen LogP contribution in [0, 0.1) is 5.92 Å². The fraction of sp³-hybridized carbons (Fsp3) is 0.222. The van der Waals surface area contributed by atoms with E-state index in [1.165, 1.54) is 43.6 Å². The number of nitrogens with zero attached hydrogens (tertiary/aromatic N) is 4. The van der Waals surface area contributed by atoms with Gasteiger partial charge in [0, 0.05) is 12.1 Å². The number of ether oxygens (including phenoxy) is 2. The van der Waals surface area contributed by atoms with Gasteiger partial charge in [-0.15, -0.1) is 0 Å². The van der Waals surface area contributed by atoms with Crippen molar-refractivity contribution in [3.63, 3.8) is 0 Å². The first-order valence-corrected chi connectivity index (χ1v) is 15.6. The zero-order valence-electron chi connectivity index (χ0n) is 27.6. The van der Waals surface area contributed by atoms with Crippen molar-refractivity contribution in [2.75, 3.05) is 14.2 Å². The Hall–Kier alpha value is -5.40. The maximum absolute atomic E-state index is 13.9. The summed E-state index contributed by atoms with van der Waals surface area (Å²) < 4.78 is 54.3. The van der Waals surface area contributed by atoms with Gasteiger partial charge in [0.05, 0.1) is 17.7 Å². The van der Waals surface area contributed by atoms with Gasteiger partial charge < -0.3 is 24.7 Å². The Bertz CT molecular complexity index is 1870. The van der Waals surface area contributed by atoms with E-state index in [1.54, 1.807) is 56.3 Å². The number of hydrogen-bond acceptors (Lipinski definition) is 8. The van der Waals surface area contributed by atoms with E-state index in [1.807, 2.05) is 36.4 Å².